The van der Waals surface area contributed by atoms with Crippen LogP contribution in [0.4, 0.5) is 11.6 Å². The summed E-state index contributed by atoms with van der Waals surface area (Å²) in [5, 5.41) is 6.68. The van der Waals surface area contributed by atoms with Crippen molar-refractivity contribution in [3.05, 3.63) is 36.2 Å². The summed E-state index contributed by atoms with van der Waals surface area (Å²) in [6.07, 6.45) is 6.07. The lowest BCUT2D eigenvalue weighted by atomic mass is 10.2. The molecular formula is C19H27N5OS. The number of benzene rings is 1. The van der Waals surface area contributed by atoms with E-state index in [1.807, 2.05) is 13.1 Å². The van der Waals surface area contributed by atoms with Crippen molar-refractivity contribution in [2.24, 2.45) is 0 Å². The maximum atomic E-state index is 5.48. The average molecular weight is 374 g/mol. The van der Waals surface area contributed by atoms with Gasteiger partial charge in [0.2, 0.25) is 0 Å². The van der Waals surface area contributed by atoms with Crippen molar-refractivity contribution in [3.63, 3.8) is 0 Å². The number of methoxy groups -OCH3 is 1. The molecule has 26 heavy (non-hydrogen) atoms. The maximum Gasteiger partial charge on any atom is 0.134 e. The van der Waals surface area contributed by atoms with Crippen molar-refractivity contribution in [3.8, 4) is 5.75 Å². The molecule has 1 atom stereocenters. The van der Waals surface area contributed by atoms with Gasteiger partial charge in [-0.1, -0.05) is 6.07 Å². The summed E-state index contributed by atoms with van der Waals surface area (Å²) >= 11 is 1.70. The molecule has 6 nitrogen and oxygen atoms in total. The number of aromatic nitrogens is 2. The van der Waals surface area contributed by atoms with E-state index in [9.17, 15) is 0 Å². The number of nitrogens with one attached hydrogen (secondary N) is 2. The van der Waals surface area contributed by atoms with Gasteiger partial charge in [0.25, 0.3) is 0 Å². The smallest absolute Gasteiger partial charge is 0.134 e. The van der Waals surface area contributed by atoms with Gasteiger partial charge in [-0.15, -0.1) is 11.8 Å². The van der Waals surface area contributed by atoms with Crippen LogP contribution in [0.2, 0.25) is 0 Å². The van der Waals surface area contributed by atoms with Crippen LogP contribution in [0.5, 0.6) is 5.75 Å². The van der Waals surface area contributed by atoms with Crippen LogP contribution in [-0.4, -0.2) is 49.5 Å². The van der Waals surface area contributed by atoms with E-state index >= 15 is 0 Å². The normalized spacial score (nSPS) is 16.7. The van der Waals surface area contributed by atoms with Gasteiger partial charge in [0, 0.05) is 43.7 Å². The molecule has 1 fully saturated rings. The summed E-state index contributed by atoms with van der Waals surface area (Å²) in [6, 6.07) is 8.89. The topological polar surface area (TPSA) is 62.3 Å². The monoisotopic (exact) mass is 373 g/mol. The molecule has 0 aliphatic carbocycles. The van der Waals surface area contributed by atoms with Crippen LogP contribution in [0, 0.1) is 0 Å². The van der Waals surface area contributed by atoms with Crippen LogP contribution < -0.4 is 20.3 Å². The van der Waals surface area contributed by atoms with E-state index in [-0.39, 0.29) is 0 Å². The lowest BCUT2D eigenvalue weighted by Gasteiger charge is -2.26. The lowest BCUT2D eigenvalue weighted by molar-refractivity contribution is 0.404. The highest BCUT2D eigenvalue weighted by Crippen LogP contribution is 2.28. The first-order valence-corrected chi connectivity index (χ1v) is 10.2. The molecule has 1 aliphatic heterocycles. The molecule has 2 heterocycles. The van der Waals surface area contributed by atoms with E-state index in [0.29, 0.717) is 6.04 Å². The minimum Gasteiger partial charge on any atom is -0.496 e. The second-order valence-electron chi connectivity index (χ2n) is 6.32. The number of ether oxygens (including phenoxy) is 1. The van der Waals surface area contributed by atoms with Crippen LogP contribution in [0.25, 0.3) is 0 Å². The van der Waals surface area contributed by atoms with Gasteiger partial charge in [-0.25, -0.2) is 9.97 Å². The number of rotatable bonds is 8. The first-order chi connectivity index (χ1) is 12.7. The molecule has 3 rings (SSSR count). The first kappa shape index (κ1) is 18.8. The molecule has 1 aliphatic rings. The average Bonchev–Trinajstić information content (AvgIpc) is 3.16. The van der Waals surface area contributed by atoms with Crippen molar-refractivity contribution < 1.29 is 4.74 Å². The highest BCUT2D eigenvalue weighted by Gasteiger charge is 2.25. The van der Waals surface area contributed by atoms with Gasteiger partial charge in [-0.2, -0.15) is 0 Å². The summed E-state index contributed by atoms with van der Waals surface area (Å²) in [5.74, 6) is 2.80. The summed E-state index contributed by atoms with van der Waals surface area (Å²) < 4.78 is 5.48. The highest BCUT2D eigenvalue weighted by molar-refractivity contribution is 7.98. The molecule has 0 radical (unpaired) electrons. The minimum absolute atomic E-state index is 0.460. The van der Waals surface area contributed by atoms with Gasteiger partial charge in [-0.3, -0.25) is 0 Å². The Balaban J connectivity index is 1.58. The standard InChI is InChI=1S/C19H27N5OS/c1-20-18-10-19(23-13-22-18)24-8-4-5-15(24)12-21-11-14-6-7-17(26-3)16(9-14)25-2/h6-7,9-10,13,15,21H,4-5,8,11-12H2,1-3H3,(H,20,22,23). The molecule has 140 valence electrons. The van der Waals surface area contributed by atoms with Crippen LogP contribution >= 0.6 is 11.8 Å². The predicted octanol–water partition coefficient (Wildman–Crippen LogP) is 3.01. The summed E-state index contributed by atoms with van der Waals surface area (Å²) in [4.78, 5) is 12.2. The molecule has 0 saturated carbocycles. The minimum atomic E-state index is 0.460. The summed E-state index contributed by atoms with van der Waals surface area (Å²) in [5.41, 5.74) is 1.24. The van der Waals surface area contributed by atoms with Gasteiger partial charge >= 0.3 is 0 Å². The lowest BCUT2D eigenvalue weighted by Crippen LogP contribution is -2.38. The third kappa shape index (κ3) is 4.40. The zero-order chi connectivity index (χ0) is 18.4. The molecular weight excluding hydrogens is 346 g/mol. The Morgan fingerprint density at radius 2 is 2.19 bits per heavy atom. The van der Waals surface area contributed by atoms with Crippen molar-refractivity contribution in [2.75, 3.05) is 43.7 Å². The molecule has 1 unspecified atom stereocenters. The molecule has 2 aromatic rings. The van der Waals surface area contributed by atoms with Crippen molar-refractivity contribution in [1.82, 2.24) is 15.3 Å². The number of nitrogens with zero attached hydrogens (tertiary/aromatic N) is 3. The largest absolute Gasteiger partial charge is 0.496 e. The van der Waals surface area contributed by atoms with Crippen molar-refractivity contribution in [2.45, 2.75) is 30.3 Å². The first-order valence-electron chi connectivity index (χ1n) is 8.93. The fourth-order valence-corrected chi connectivity index (χ4v) is 3.91. The Hall–Kier alpha value is -1.99. The van der Waals surface area contributed by atoms with Crippen LogP contribution in [0.1, 0.15) is 18.4 Å². The van der Waals surface area contributed by atoms with Crippen LogP contribution in [0.3, 0.4) is 0 Å². The predicted molar refractivity (Wildman–Crippen MR) is 108 cm³/mol. The SMILES string of the molecule is CNc1cc(N2CCCC2CNCc2ccc(SC)c(OC)c2)ncn1. The number of hydrogen-bond acceptors (Lipinski definition) is 7. The quantitative estimate of drug-likeness (QED) is 0.690. The Morgan fingerprint density at radius 3 is 2.96 bits per heavy atom. The fourth-order valence-electron chi connectivity index (χ4n) is 3.36. The molecule has 0 spiro atoms. The number of hydrogen-bond donors (Lipinski definition) is 2. The molecule has 1 aromatic carbocycles. The fraction of sp³-hybridized carbons (Fsp3) is 0.474. The third-order valence-corrected chi connectivity index (χ3v) is 5.51. The maximum absolute atomic E-state index is 5.48. The Labute approximate surface area is 159 Å². The zero-order valence-electron chi connectivity index (χ0n) is 15.7. The molecule has 1 saturated heterocycles. The Morgan fingerprint density at radius 1 is 1.31 bits per heavy atom. The van der Waals surface area contributed by atoms with Gasteiger partial charge in [0.05, 0.1) is 7.11 Å². The zero-order valence-corrected chi connectivity index (χ0v) is 16.5. The van der Waals surface area contributed by atoms with E-state index in [2.05, 4.69) is 50.0 Å². The molecule has 0 bridgehead atoms. The van der Waals surface area contributed by atoms with Crippen LogP contribution in [0.15, 0.2) is 35.5 Å². The molecule has 1 aromatic heterocycles. The second kappa shape index (κ2) is 9.09. The molecule has 7 heteroatoms. The highest BCUT2D eigenvalue weighted by atomic mass is 32.2. The van der Waals surface area contributed by atoms with Crippen molar-refractivity contribution >= 4 is 23.4 Å². The van der Waals surface area contributed by atoms with E-state index in [0.717, 1.165) is 37.0 Å². The van der Waals surface area contributed by atoms with E-state index in [1.54, 1.807) is 25.2 Å². The van der Waals surface area contributed by atoms with Gasteiger partial charge in [-0.05, 0) is 36.8 Å². The summed E-state index contributed by atoms with van der Waals surface area (Å²) in [6.45, 7) is 2.81. The molecule has 0 amide bonds. The Kier molecular flexibility index (Phi) is 6.57. The van der Waals surface area contributed by atoms with Gasteiger partial charge < -0.3 is 20.3 Å². The third-order valence-electron chi connectivity index (χ3n) is 4.74. The van der Waals surface area contributed by atoms with Crippen molar-refractivity contribution in [1.29, 1.82) is 0 Å². The van der Waals surface area contributed by atoms with E-state index in [4.69, 9.17) is 4.74 Å². The van der Waals surface area contributed by atoms with Gasteiger partial charge in [0.15, 0.2) is 0 Å². The summed E-state index contributed by atoms with van der Waals surface area (Å²) in [7, 11) is 3.61. The van der Waals surface area contributed by atoms with E-state index in [1.165, 1.54) is 23.3 Å². The molecule has 2 N–H and O–H groups in total. The number of anilines is 2. The van der Waals surface area contributed by atoms with Gasteiger partial charge in [0.1, 0.15) is 23.7 Å². The number of thioether (sulfide) groups is 1. The van der Waals surface area contributed by atoms with Crippen LogP contribution in [-0.2, 0) is 6.54 Å². The Bertz CT molecular complexity index is 727. The second-order valence-corrected chi connectivity index (χ2v) is 7.17. The van der Waals surface area contributed by atoms with E-state index < -0.39 is 0 Å².